The quantitative estimate of drug-likeness (QED) is 0.0891. The number of nitrogens with zero attached hydrogens (tertiary/aromatic N) is 3. The van der Waals surface area contributed by atoms with Crippen molar-refractivity contribution >= 4 is 51.8 Å². The number of alkyl halides is 3. The summed E-state index contributed by atoms with van der Waals surface area (Å²) in [6.07, 6.45) is 4.57. The molecule has 0 aliphatic carbocycles. The molecule has 15 heteroatoms. The molecule has 0 spiro atoms. The molecule has 1 saturated heterocycles. The van der Waals surface area contributed by atoms with Gasteiger partial charge in [-0.2, -0.15) is 13.2 Å². The highest BCUT2D eigenvalue weighted by atomic mass is 19.4. The van der Waals surface area contributed by atoms with E-state index in [1.807, 2.05) is 24.3 Å². The van der Waals surface area contributed by atoms with Crippen LogP contribution in [0.4, 0.5) is 47.3 Å². The van der Waals surface area contributed by atoms with Gasteiger partial charge in [0.1, 0.15) is 6.61 Å². The van der Waals surface area contributed by atoms with Crippen molar-refractivity contribution in [1.82, 2.24) is 0 Å². The van der Waals surface area contributed by atoms with Gasteiger partial charge in [-0.1, -0.05) is 60.7 Å². The Kier molecular flexibility index (Phi) is 19.1. The summed E-state index contributed by atoms with van der Waals surface area (Å²) in [7, 11) is 1.73. The van der Waals surface area contributed by atoms with E-state index in [4.69, 9.17) is 14.6 Å². The van der Waals surface area contributed by atoms with Crippen LogP contribution in [-0.4, -0.2) is 62.8 Å². The van der Waals surface area contributed by atoms with Crippen LogP contribution in [0.3, 0.4) is 0 Å². The van der Waals surface area contributed by atoms with E-state index < -0.39 is 24.3 Å². The van der Waals surface area contributed by atoms with Crippen LogP contribution in [0.1, 0.15) is 115 Å². The lowest BCUT2D eigenvalue weighted by atomic mass is 9.99. The Balaban J connectivity index is 0.000000153. The number of anilines is 6. The normalized spacial score (nSPS) is 16.1. The predicted molar refractivity (Wildman–Crippen MR) is 299 cm³/mol. The van der Waals surface area contributed by atoms with Gasteiger partial charge in [-0.05, 0) is 170 Å². The number of aliphatic hydroxyl groups excluding tert-OH is 1. The van der Waals surface area contributed by atoms with Gasteiger partial charge in [-0.15, -0.1) is 0 Å². The monoisotopic (exact) mass is 1050 g/mol. The second kappa shape index (κ2) is 26.2. The van der Waals surface area contributed by atoms with E-state index in [0.29, 0.717) is 12.2 Å². The van der Waals surface area contributed by atoms with Gasteiger partial charge in [0, 0.05) is 101 Å². The highest BCUT2D eigenvalue weighted by Gasteiger charge is 2.30. The fourth-order valence-corrected chi connectivity index (χ4v) is 10.5. The average Bonchev–Trinajstić information content (AvgIpc) is 3.97. The summed E-state index contributed by atoms with van der Waals surface area (Å²) >= 11 is 0. The maximum Gasteiger partial charge on any atom is 0.416 e. The fourth-order valence-electron chi connectivity index (χ4n) is 10.5. The van der Waals surface area contributed by atoms with Crippen LogP contribution in [0.25, 0.3) is 0 Å². The number of hydrogen-bond acceptors (Lipinski definition) is 9. The predicted octanol–water partition coefficient (Wildman–Crippen LogP) is 12.3. The fraction of sp³-hybridized carbons (Fsp3) is 0.371. The highest BCUT2D eigenvalue weighted by Crippen LogP contribution is 2.36. The minimum atomic E-state index is -4.33. The molecule has 4 aliphatic heterocycles. The molecule has 10 rings (SSSR count). The molecule has 12 nitrogen and oxygen atoms in total. The van der Waals surface area contributed by atoms with E-state index in [1.165, 1.54) is 56.9 Å². The molecule has 3 amide bonds. The Bertz CT molecular complexity index is 2940. The number of aryl methyl sites for hydroxylation is 3. The van der Waals surface area contributed by atoms with E-state index >= 15 is 0 Å². The Morgan fingerprint density at radius 2 is 1.03 bits per heavy atom. The van der Waals surface area contributed by atoms with Gasteiger partial charge in [0.25, 0.3) is 0 Å². The van der Waals surface area contributed by atoms with Crippen molar-refractivity contribution in [3.8, 4) is 0 Å². The Morgan fingerprint density at radius 1 is 0.610 bits per heavy atom. The Hall–Kier alpha value is -7.20. The first-order chi connectivity index (χ1) is 37.1. The van der Waals surface area contributed by atoms with Crippen LogP contribution in [-0.2, 0) is 68.9 Å². The van der Waals surface area contributed by atoms with E-state index in [1.54, 1.807) is 27.0 Å². The summed E-state index contributed by atoms with van der Waals surface area (Å²) in [5.41, 5.74) is 14.9. The first kappa shape index (κ1) is 56.0. The lowest BCUT2D eigenvalue weighted by Gasteiger charge is -2.32. The van der Waals surface area contributed by atoms with Crippen molar-refractivity contribution in [2.75, 3.05) is 70.6 Å². The number of hydrogen-bond donors (Lipinski definition) is 4. The lowest BCUT2D eigenvalue weighted by Crippen LogP contribution is -2.29. The van der Waals surface area contributed by atoms with Gasteiger partial charge in [-0.3, -0.25) is 14.4 Å². The molecule has 0 bridgehead atoms. The molecule has 4 aliphatic rings. The SMILES string of the molecule is CC(=O)Nc1ccc2c(c1)CCCN2Cc1ccc(C2CCCO2)cc1.COC(C)c1ccc(CN2CCCc3cc(NC(C)=O)ccc32)cc1.O=C(CO)Nc1ccc2c(c1)CCCN2Cc1ccc(C(F)(F)F)cc1. The van der Waals surface area contributed by atoms with Crippen molar-refractivity contribution in [3.05, 3.63) is 177 Å². The second-order valence-corrected chi connectivity index (χ2v) is 20.2. The van der Waals surface area contributed by atoms with Gasteiger partial charge in [0.2, 0.25) is 17.7 Å². The highest BCUT2D eigenvalue weighted by molar-refractivity contribution is 5.92. The molecule has 0 saturated carbocycles. The number of halogens is 3. The van der Waals surface area contributed by atoms with Gasteiger partial charge >= 0.3 is 6.18 Å². The smallest absolute Gasteiger partial charge is 0.387 e. The molecule has 1 fully saturated rings. The number of methoxy groups -OCH3 is 1. The maximum atomic E-state index is 12.7. The molecule has 2 atom stereocenters. The first-order valence-corrected chi connectivity index (χ1v) is 26.7. The Labute approximate surface area is 450 Å². The average molecular weight is 1050 g/mol. The molecule has 406 valence electrons. The summed E-state index contributed by atoms with van der Waals surface area (Å²) in [4.78, 5) is 40.8. The number of nitrogens with one attached hydrogen (secondary N) is 3. The standard InChI is InChI=1S/C22H26N2O2.C21H26N2O2.C19H19F3N2O2/c1-16(25)23-20-10-11-21-19(14-20)4-2-12-24(21)15-17-6-8-18(9-7-17)22-5-3-13-26-22;1-15(25-3)18-8-6-17(7-9-18)14-23-12-4-5-19-13-20(22-16(2)24)10-11-21(19)23;20-19(21,22)15-5-3-13(4-6-15)11-24-9-1-2-14-10-16(7-8-17(14)24)23-18(26)12-25/h6-11,14,22H,2-5,12-13,15H2,1H3,(H,23,25);6-11,13,15H,4-5,12,14H2,1-3H3,(H,22,24);3-8,10,25H,1-2,9,11-12H2,(H,23,26). The van der Waals surface area contributed by atoms with Crippen LogP contribution >= 0.6 is 0 Å². The second-order valence-electron chi connectivity index (χ2n) is 20.2. The Morgan fingerprint density at radius 3 is 1.40 bits per heavy atom. The van der Waals surface area contributed by atoms with Crippen LogP contribution in [0.5, 0.6) is 0 Å². The zero-order chi connectivity index (χ0) is 54.5. The molecule has 6 aromatic carbocycles. The zero-order valence-corrected chi connectivity index (χ0v) is 44.6. The third-order valence-corrected chi connectivity index (χ3v) is 14.4. The first-order valence-electron chi connectivity index (χ1n) is 26.7. The van der Waals surface area contributed by atoms with Gasteiger partial charge < -0.3 is 45.2 Å². The summed E-state index contributed by atoms with van der Waals surface area (Å²) in [5.74, 6) is -0.524. The third-order valence-electron chi connectivity index (χ3n) is 14.4. The van der Waals surface area contributed by atoms with E-state index in [9.17, 15) is 27.6 Å². The van der Waals surface area contributed by atoms with Crippen molar-refractivity contribution in [2.45, 2.75) is 110 Å². The number of ether oxygens (including phenoxy) is 2. The molecule has 0 aromatic heterocycles. The number of rotatable bonds is 13. The van der Waals surface area contributed by atoms with Crippen molar-refractivity contribution in [2.24, 2.45) is 0 Å². The number of carbonyl (C=O) groups excluding carboxylic acids is 3. The molecule has 4 heterocycles. The largest absolute Gasteiger partial charge is 0.416 e. The van der Waals surface area contributed by atoms with Crippen LogP contribution in [0, 0.1) is 0 Å². The molecular formula is C62H71F3N6O6. The van der Waals surface area contributed by atoms with Crippen molar-refractivity contribution in [1.29, 1.82) is 0 Å². The molecular weight excluding hydrogens is 982 g/mol. The van der Waals surface area contributed by atoms with Gasteiger partial charge in [-0.25, -0.2) is 0 Å². The van der Waals surface area contributed by atoms with E-state index in [-0.39, 0.29) is 24.0 Å². The van der Waals surface area contributed by atoms with Crippen molar-refractivity contribution in [3.63, 3.8) is 0 Å². The topological polar surface area (TPSA) is 136 Å². The third kappa shape index (κ3) is 15.5. The van der Waals surface area contributed by atoms with Crippen LogP contribution in [0.2, 0.25) is 0 Å². The number of fused-ring (bicyclic) bond motifs is 3. The molecule has 0 radical (unpaired) electrons. The van der Waals surface area contributed by atoms with Crippen LogP contribution in [0.15, 0.2) is 127 Å². The maximum absolute atomic E-state index is 12.7. The van der Waals surface area contributed by atoms with Gasteiger partial charge in [0.15, 0.2) is 0 Å². The minimum absolute atomic E-state index is 0.0241. The van der Waals surface area contributed by atoms with Crippen LogP contribution < -0.4 is 30.7 Å². The number of carbonyl (C=O) groups is 3. The molecule has 2 unspecified atom stereocenters. The zero-order valence-electron chi connectivity index (χ0n) is 44.6. The molecule has 6 aromatic rings. The number of benzene rings is 6. The molecule has 77 heavy (non-hydrogen) atoms. The summed E-state index contributed by atoms with van der Waals surface area (Å²) in [6, 6.07) is 40.8. The van der Waals surface area contributed by atoms with Crippen molar-refractivity contribution < 1.29 is 42.1 Å². The summed E-state index contributed by atoms with van der Waals surface area (Å²) in [5, 5.41) is 17.2. The minimum Gasteiger partial charge on any atom is -0.387 e. The van der Waals surface area contributed by atoms with Gasteiger partial charge in [0.05, 0.1) is 17.8 Å². The number of amides is 3. The number of aliphatic hydroxyl groups is 1. The van der Waals surface area contributed by atoms with E-state index in [0.717, 1.165) is 131 Å². The molecule has 4 N–H and O–H groups in total. The van der Waals surface area contributed by atoms with E-state index in [2.05, 4.69) is 110 Å². The lowest BCUT2D eigenvalue weighted by molar-refractivity contribution is -0.137. The summed E-state index contributed by atoms with van der Waals surface area (Å²) in [6.45, 7) is 10.7. The summed E-state index contributed by atoms with van der Waals surface area (Å²) < 4.78 is 49.2.